The number of hydrogen-bond donors (Lipinski definition) is 2. The third-order valence-electron chi connectivity index (χ3n) is 3.90. The molecule has 3 aliphatic carbocycles. The van der Waals surface area contributed by atoms with Crippen molar-refractivity contribution < 1.29 is 9.90 Å². The number of fused-ring (bicyclic) bond motifs is 2. The first-order valence-electron chi connectivity index (χ1n) is 6.65. The number of aromatic hydroxyl groups is 1. The minimum absolute atomic E-state index is 0.0434. The van der Waals surface area contributed by atoms with Crippen molar-refractivity contribution in [2.24, 2.45) is 0 Å². The molecule has 0 radical (unpaired) electrons. The second-order valence-corrected chi connectivity index (χ2v) is 5.25. The monoisotopic (exact) mass is 263 g/mol. The van der Waals surface area contributed by atoms with Gasteiger partial charge in [-0.25, -0.2) is 0 Å². The summed E-state index contributed by atoms with van der Waals surface area (Å²) in [5, 5.41) is 12.1. The molecular formula is C17H13NO2. The Morgan fingerprint density at radius 3 is 2.75 bits per heavy atom. The van der Waals surface area contributed by atoms with Gasteiger partial charge in [-0.1, -0.05) is 18.2 Å². The fourth-order valence-corrected chi connectivity index (χ4v) is 2.73. The minimum atomic E-state index is -0.0434. The third kappa shape index (κ3) is 1.71. The quantitative estimate of drug-likeness (QED) is 0.880. The Hall–Kier alpha value is -2.55. The van der Waals surface area contributed by atoms with Crippen LogP contribution in [0.4, 0.5) is 0 Å². The Kier molecular flexibility index (Phi) is 2.24. The molecule has 98 valence electrons. The molecule has 1 amide bonds. The van der Waals surface area contributed by atoms with Crippen molar-refractivity contribution in [1.82, 2.24) is 5.32 Å². The zero-order chi connectivity index (χ0) is 13.7. The van der Waals surface area contributed by atoms with Crippen molar-refractivity contribution in [1.29, 1.82) is 0 Å². The molecule has 1 aromatic carbocycles. The highest BCUT2D eigenvalue weighted by atomic mass is 16.3. The van der Waals surface area contributed by atoms with Crippen molar-refractivity contribution in [3.8, 4) is 5.75 Å². The van der Waals surface area contributed by atoms with E-state index in [0.29, 0.717) is 6.54 Å². The number of rotatable bonds is 3. The molecule has 0 unspecified atom stereocenters. The number of benzene rings is 1. The van der Waals surface area contributed by atoms with Crippen molar-refractivity contribution in [3.05, 3.63) is 75.9 Å². The SMILES string of the molecule is O=C(NCc1ccc(O)cc1)C1=C2C=C3CC3=C2C=C1. The molecule has 20 heavy (non-hydrogen) atoms. The van der Waals surface area contributed by atoms with Gasteiger partial charge in [0.05, 0.1) is 0 Å². The molecule has 0 aromatic heterocycles. The Morgan fingerprint density at radius 1 is 1.15 bits per heavy atom. The Morgan fingerprint density at radius 2 is 1.95 bits per heavy atom. The maximum atomic E-state index is 12.2. The lowest BCUT2D eigenvalue weighted by Crippen LogP contribution is -2.24. The molecule has 3 nitrogen and oxygen atoms in total. The molecule has 0 spiro atoms. The Labute approximate surface area is 116 Å². The lowest BCUT2D eigenvalue weighted by molar-refractivity contribution is -0.117. The molecule has 1 saturated carbocycles. The van der Waals surface area contributed by atoms with Crippen molar-refractivity contribution >= 4 is 5.91 Å². The van der Waals surface area contributed by atoms with Crippen LogP contribution in [0.3, 0.4) is 0 Å². The van der Waals surface area contributed by atoms with Gasteiger partial charge in [-0.2, -0.15) is 0 Å². The van der Waals surface area contributed by atoms with Gasteiger partial charge in [-0.15, -0.1) is 0 Å². The smallest absolute Gasteiger partial charge is 0.252 e. The fraction of sp³-hybridized carbons (Fsp3) is 0.118. The minimum Gasteiger partial charge on any atom is -0.508 e. The van der Waals surface area contributed by atoms with Crippen LogP contribution in [-0.4, -0.2) is 11.0 Å². The van der Waals surface area contributed by atoms with Crippen LogP contribution in [0.5, 0.6) is 5.75 Å². The maximum absolute atomic E-state index is 12.2. The molecule has 0 heterocycles. The van der Waals surface area contributed by atoms with Crippen LogP contribution in [-0.2, 0) is 11.3 Å². The van der Waals surface area contributed by atoms with Crippen LogP contribution in [0.15, 0.2) is 70.4 Å². The number of allylic oxidation sites excluding steroid dienone is 6. The molecule has 0 atom stereocenters. The number of hydrogen-bond acceptors (Lipinski definition) is 2. The standard InChI is InChI=1S/C17H13NO2/c19-12-3-1-10(2-4-12)9-18-17(20)14-6-5-13-15-7-11(15)8-16(13)14/h1-6,8,19H,7,9H2,(H,18,20). The van der Waals surface area contributed by atoms with Crippen molar-refractivity contribution in [3.63, 3.8) is 0 Å². The van der Waals surface area contributed by atoms with Gasteiger partial charge < -0.3 is 10.4 Å². The number of phenols is 1. The first kappa shape index (κ1) is 11.3. The molecule has 0 saturated heterocycles. The summed E-state index contributed by atoms with van der Waals surface area (Å²) >= 11 is 0. The molecule has 3 aliphatic rings. The summed E-state index contributed by atoms with van der Waals surface area (Å²) in [6, 6.07) is 6.85. The van der Waals surface area contributed by atoms with Crippen LogP contribution in [0, 0.1) is 0 Å². The molecule has 3 heteroatoms. The van der Waals surface area contributed by atoms with Crippen LogP contribution >= 0.6 is 0 Å². The second kappa shape index (κ2) is 3.97. The van der Waals surface area contributed by atoms with Crippen molar-refractivity contribution in [2.75, 3.05) is 0 Å². The summed E-state index contributed by atoms with van der Waals surface area (Å²) in [6.45, 7) is 0.464. The van der Waals surface area contributed by atoms with Crippen LogP contribution in [0.1, 0.15) is 12.0 Å². The molecular weight excluding hydrogens is 250 g/mol. The van der Waals surface area contributed by atoms with Gasteiger partial charge in [0.25, 0.3) is 5.91 Å². The van der Waals surface area contributed by atoms with Gasteiger partial charge in [0.2, 0.25) is 0 Å². The van der Waals surface area contributed by atoms with E-state index in [1.807, 2.05) is 12.2 Å². The average Bonchev–Trinajstić information content (AvgIpc) is 2.93. The highest BCUT2D eigenvalue weighted by Crippen LogP contribution is 2.51. The van der Waals surface area contributed by atoms with Crippen LogP contribution < -0.4 is 5.32 Å². The van der Waals surface area contributed by atoms with E-state index in [4.69, 9.17) is 0 Å². The molecule has 1 aromatic rings. The zero-order valence-electron chi connectivity index (χ0n) is 10.8. The van der Waals surface area contributed by atoms with Gasteiger partial charge in [0.15, 0.2) is 0 Å². The Balaban J connectivity index is 1.48. The first-order chi connectivity index (χ1) is 9.72. The van der Waals surface area contributed by atoms with Gasteiger partial charge in [-0.05, 0) is 58.6 Å². The van der Waals surface area contributed by atoms with E-state index < -0.39 is 0 Å². The number of phenolic OH excluding ortho intramolecular Hbond substituents is 1. The maximum Gasteiger partial charge on any atom is 0.252 e. The summed E-state index contributed by atoms with van der Waals surface area (Å²) in [7, 11) is 0. The van der Waals surface area contributed by atoms with E-state index in [9.17, 15) is 9.90 Å². The van der Waals surface area contributed by atoms with E-state index >= 15 is 0 Å². The lowest BCUT2D eigenvalue weighted by Gasteiger charge is -2.07. The summed E-state index contributed by atoms with van der Waals surface area (Å²) in [5.74, 6) is 0.190. The van der Waals surface area contributed by atoms with E-state index in [1.165, 1.54) is 16.7 Å². The predicted octanol–water partition coefficient (Wildman–Crippen LogP) is 2.52. The van der Waals surface area contributed by atoms with E-state index in [0.717, 1.165) is 23.1 Å². The topological polar surface area (TPSA) is 49.3 Å². The van der Waals surface area contributed by atoms with E-state index in [1.54, 1.807) is 24.3 Å². The summed E-state index contributed by atoms with van der Waals surface area (Å²) in [5.41, 5.74) is 6.81. The van der Waals surface area contributed by atoms with E-state index in [2.05, 4.69) is 11.4 Å². The van der Waals surface area contributed by atoms with Gasteiger partial charge in [0, 0.05) is 12.1 Å². The third-order valence-corrected chi connectivity index (χ3v) is 3.90. The average molecular weight is 263 g/mol. The zero-order valence-corrected chi connectivity index (χ0v) is 10.8. The summed E-state index contributed by atoms with van der Waals surface area (Å²) < 4.78 is 0. The molecule has 0 aliphatic heterocycles. The van der Waals surface area contributed by atoms with Gasteiger partial charge in [0.1, 0.15) is 5.75 Å². The number of carbonyl (C=O) groups excluding carboxylic acids is 1. The fourth-order valence-electron chi connectivity index (χ4n) is 2.73. The number of carbonyl (C=O) groups is 1. The number of amides is 1. The Bertz CT molecular complexity index is 746. The molecule has 4 rings (SSSR count). The normalized spacial score (nSPS) is 18.1. The van der Waals surface area contributed by atoms with Crippen LogP contribution in [0.25, 0.3) is 0 Å². The summed E-state index contributed by atoms with van der Waals surface area (Å²) in [4.78, 5) is 12.2. The highest BCUT2D eigenvalue weighted by Gasteiger charge is 2.35. The van der Waals surface area contributed by atoms with Crippen LogP contribution in [0.2, 0.25) is 0 Å². The number of nitrogens with one attached hydrogen (secondary N) is 1. The molecule has 1 fully saturated rings. The second-order valence-electron chi connectivity index (χ2n) is 5.25. The van der Waals surface area contributed by atoms with E-state index in [-0.39, 0.29) is 11.7 Å². The van der Waals surface area contributed by atoms with Gasteiger partial charge >= 0.3 is 0 Å². The lowest BCUT2D eigenvalue weighted by atomic mass is 10.1. The molecule has 0 bridgehead atoms. The largest absolute Gasteiger partial charge is 0.508 e. The highest BCUT2D eigenvalue weighted by molar-refractivity contribution is 6.01. The first-order valence-corrected chi connectivity index (χ1v) is 6.65. The molecule has 2 N–H and O–H groups in total. The summed E-state index contributed by atoms with van der Waals surface area (Å²) in [6.07, 6.45) is 7.15. The predicted molar refractivity (Wildman–Crippen MR) is 75.8 cm³/mol. The van der Waals surface area contributed by atoms with Crippen molar-refractivity contribution in [2.45, 2.75) is 13.0 Å². The van der Waals surface area contributed by atoms with Gasteiger partial charge in [-0.3, -0.25) is 4.79 Å².